The Bertz CT molecular complexity index is 1110. The molecular formula is C19H14F4N2O2S. The maximum absolute atomic E-state index is 13.9. The van der Waals surface area contributed by atoms with Gasteiger partial charge in [-0.05, 0) is 23.8 Å². The van der Waals surface area contributed by atoms with Gasteiger partial charge >= 0.3 is 11.9 Å². The van der Waals surface area contributed by atoms with Crippen LogP contribution in [0, 0.1) is 5.82 Å². The van der Waals surface area contributed by atoms with Crippen LogP contribution in [0.3, 0.4) is 0 Å². The predicted octanol–water partition coefficient (Wildman–Crippen LogP) is 4.34. The van der Waals surface area contributed by atoms with Gasteiger partial charge < -0.3 is 4.74 Å². The lowest BCUT2D eigenvalue weighted by molar-refractivity contribution is -0.137. The fraction of sp³-hybridized carbons (Fsp3) is 0.263. The van der Waals surface area contributed by atoms with Crippen molar-refractivity contribution >= 4 is 22.7 Å². The molecule has 9 heteroatoms. The minimum atomic E-state index is -4.64. The first kappa shape index (κ1) is 18.9. The van der Waals surface area contributed by atoms with Crippen molar-refractivity contribution in [3.8, 4) is 11.1 Å². The van der Waals surface area contributed by atoms with Crippen molar-refractivity contribution in [3.05, 3.63) is 58.4 Å². The Morgan fingerprint density at radius 1 is 1.25 bits per heavy atom. The second-order valence-electron chi connectivity index (χ2n) is 6.39. The molecule has 0 N–H and O–H groups in total. The van der Waals surface area contributed by atoms with Crippen molar-refractivity contribution in [2.24, 2.45) is 0 Å². The monoisotopic (exact) mass is 410 g/mol. The largest absolute Gasteiger partial charge is 0.417 e. The average Bonchev–Trinajstić information content (AvgIpc) is 2.85. The molecule has 1 aliphatic rings. The van der Waals surface area contributed by atoms with E-state index in [0.29, 0.717) is 16.2 Å². The Balaban J connectivity index is 2.13. The predicted molar refractivity (Wildman–Crippen MR) is 97.9 cm³/mol. The normalized spacial score (nSPS) is 17.0. The molecule has 0 spiro atoms. The van der Waals surface area contributed by atoms with Gasteiger partial charge in [0.05, 0.1) is 23.7 Å². The number of methoxy groups -OCH3 is 1. The van der Waals surface area contributed by atoms with Gasteiger partial charge in [-0.25, -0.2) is 14.2 Å². The first-order chi connectivity index (χ1) is 13.3. The number of nitrogens with zero attached hydrogens (tertiary/aromatic N) is 2. The van der Waals surface area contributed by atoms with Crippen molar-refractivity contribution < 1.29 is 22.3 Å². The molecule has 1 atom stereocenters. The summed E-state index contributed by atoms with van der Waals surface area (Å²) < 4.78 is 61.8. The van der Waals surface area contributed by atoms with Gasteiger partial charge in [0.15, 0.2) is 0 Å². The van der Waals surface area contributed by atoms with E-state index in [9.17, 15) is 22.4 Å². The number of hydrogen-bond donors (Lipinski definition) is 0. The van der Waals surface area contributed by atoms with Gasteiger partial charge in [-0.15, -0.1) is 11.8 Å². The van der Waals surface area contributed by atoms with Gasteiger partial charge in [0.25, 0.3) is 0 Å². The van der Waals surface area contributed by atoms with Crippen molar-refractivity contribution in [2.75, 3.05) is 12.9 Å². The fourth-order valence-corrected chi connectivity index (χ4v) is 4.68. The van der Waals surface area contributed by atoms with Gasteiger partial charge in [0, 0.05) is 34.9 Å². The summed E-state index contributed by atoms with van der Waals surface area (Å²) >= 11 is 1.19. The number of aromatic nitrogens is 2. The summed E-state index contributed by atoms with van der Waals surface area (Å²) in [6.45, 7) is 0.188. The highest BCUT2D eigenvalue weighted by molar-refractivity contribution is 7.99. The lowest BCUT2D eigenvalue weighted by atomic mass is 9.97. The van der Waals surface area contributed by atoms with Crippen LogP contribution in [-0.4, -0.2) is 28.5 Å². The third-order valence-electron chi connectivity index (χ3n) is 4.67. The smallest absolute Gasteiger partial charge is 0.379 e. The minimum absolute atomic E-state index is 0.0684. The second-order valence-corrected chi connectivity index (χ2v) is 7.42. The SMILES string of the molecule is COC1CSc2c(-c3ccc(F)cc3)c(C(F)(F)F)cc3cnc(=O)n(c23)C1. The average molecular weight is 410 g/mol. The molecule has 1 aliphatic heterocycles. The van der Waals surface area contributed by atoms with E-state index in [0.717, 1.165) is 24.4 Å². The molecule has 0 fully saturated rings. The van der Waals surface area contributed by atoms with Crippen molar-refractivity contribution in [1.82, 2.24) is 9.55 Å². The number of alkyl halides is 3. The van der Waals surface area contributed by atoms with Crippen LogP contribution >= 0.6 is 11.8 Å². The zero-order chi connectivity index (χ0) is 20.1. The molecule has 3 aromatic rings. The quantitative estimate of drug-likeness (QED) is 0.590. The molecule has 1 aromatic heterocycles. The van der Waals surface area contributed by atoms with Crippen LogP contribution < -0.4 is 5.69 Å². The second kappa shape index (κ2) is 6.89. The molecular weight excluding hydrogens is 396 g/mol. The standard InChI is InChI=1S/C19H14F4N2O2S/c1-27-13-8-25-16-11(7-24-18(25)26)6-14(19(21,22)23)15(17(16)28-9-13)10-2-4-12(20)5-3-10/h2-7,13H,8-9H2,1H3. The minimum Gasteiger partial charge on any atom is -0.379 e. The van der Waals surface area contributed by atoms with Crippen molar-refractivity contribution in [2.45, 2.75) is 23.7 Å². The van der Waals surface area contributed by atoms with E-state index in [4.69, 9.17) is 4.74 Å². The van der Waals surface area contributed by atoms with E-state index in [2.05, 4.69) is 4.98 Å². The first-order valence-electron chi connectivity index (χ1n) is 8.35. The molecule has 4 rings (SSSR count). The van der Waals surface area contributed by atoms with Gasteiger partial charge in [-0.3, -0.25) is 4.57 Å². The molecule has 28 heavy (non-hydrogen) atoms. The van der Waals surface area contributed by atoms with Crippen LogP contribution in [0.25, 0.3) is 22.0 Å². The van der Waals surface area contributed by atoms with E-state index in [1.165, 1.54) is 35.6 Å². The maximum atomic E-state index is 13.9. The molecule has 146 valence electrons. The lowest BCUT2D eigenvalue weighted by Gasteiger charge is -2.19. The highest BCUT2D eigenvalue weighted by atomic mass is 32.2. The van der Waals surface area contributed by atoms with Gasteiger partial charge in [0.1, 0.15) is 5.82 Å². The van der Waals surface area contributed by atoms with E-state index >= 15 is 0 Å². The Hall–Kier alpha value is -2.39. The summed E-state index contributed by atoms with van der Waals surface area (Å²) in [6.07, 6.45) is -3.84. The molecule has 0 saturated heterocycles. The number of ether oxygens (including phenoxy) is 1. The molecule has 2 aromatic carbocycles. The van der Waals surface area contributed by atoms with Crippen LogP contribution in [0.1, 0.15) is 5.56 Å². The highest BCUT2D eigenvalue weighted by Crippen LogP contribution is 2.46. The Labute approximate surface area is 161 Å². The van der Waals surface area contributed by atoms with E-state index in [1.807, 2.05) is 0 Å². The molecule has 0 aliphatic carbocycles. The summed E-state index contributed by atoms with van der Waals surface area (Å²) in [4.78, 5) is 16.4. The van der Waals surface area contributed by atoms with E-state index in [-0.39, 0.29) is 29.2 Å². The Morgan fingerprint density at radius 3 is 2.61 bits per heavy atom. The number of thioether (sulfide) groups is 1. The van der Waals surface area contributed by atoms with Crippen LogP contribution in [0.2, 0.25) is 0 Å². The summed E-state index contributed by atoms with van der Waals surface area (Å²) in [6, 6.07) is 5.85. The Morgan fingerprint density at radius 2 is 1.96 bits per heavy atom. The summed E-state index contributed by atoms with van der Waals surface area (Å²) in [5.74, 6) is -0.181. The highest BCUT2D eigenvalue weighted by Gasteiger charge is 2.37. The van der Waals surface area contributed by atoms with Crippen molar-refractivity contribution in [3.63, 3.8) is 0 Å². The van der Waals surface area contributed by atoms with E-state index in [1.54, 1.807) is 0 Å². The molecule has 0 amide bonds. The van der Waals surface area contributed by atoms with Crippen LogP contribution in [-0.2, 0) is 17.5 Å². The summed E-state index contributed by atoms with van der Waals surface area (Å²) in [5, 5.41) is 0.219. The fourth-order valence-electron chi connectivity index (χ4n) is 3.35. The van der Waals surface area contributed by atoms with E-state index < -0.39 is 23.2 Å². The van der Waals surface area contributed by atoms with Crippen LogP contribution in [0.15, 0.2) is 46.2 Å². The van der Waals surface area contributed by atoms with Crippen molar-refractivity contribution in [1.29, 1.82) is 0 Å². The number of hydrogen-bond acceptors (Lipinski definition) is 4. The topological polar surface area (TPSA) is 44.1 Å². The molecule has 0 radical (unpaired) electrons. The van der Waals surface area contributed by atoms with Gasteiger partial charge in [-0.2, -0.15) is 13.2 Å². The lowest BCUT2D eigenvalue weighted by Crippen LogP contribution is -2.29. The van der Waals surface area contributed by atoms with Crippen LogP contribution in [0.5, 0.6) is 0 Å². The number of halogens is 4. The summed E-state index contributed by atoms with van der Waals surface area (Å²) in [5.41, 5.74) is -0.858. The third kappa shape index (κ3) is 3.18. The molecule has 0 saturated carbocycles. The Kier molecular flexibility index (Phi) is 4.67. The molecule has 2 heterocycles. The van der Waals surface area contributed by atoms with Gasteiger partial charge in [-0.1, -0.05) is 12.1 Å². The van der Waals surface area contributed by atoms with Crippen LogP contribution in [0.4, 0.5) is 17.6 Å². The van der Waals surface area contributed by atoms with Gasteiger partial charge in [0.2, 0.25) is 0 Å². The zero-order valence-electron chi connectivity index (χ0n) is 14.6. The third-order valence-corrected chi connectivity index (χ3v) is 5.90. The summed E-state index contributed by atoms with van der Waals surface area (Å²) in [7, 11) is 1.49. The number of benzene rings is 2. The molecule has 4 nitrogen and oxygen atoms in total. The molecule has 0 bridgehead atoms. The maximum Gasteiger partial charge on any atom is 0.417 e. The first-order valence-corrected chi connectivity index (χ1v) is 9.33. The molecule has 1 unspecified atom stereocenters. The zero-order valence-corrected chi connectivity index (χ0v) is 15.4. The number of rotatable bonds is 2.